The molecule has 0 saturated carbocycles. The lowest BCUT2D eigenvalue weighted by Crippen LogP contribution is -2.52. The Morgan fingerprint density at radius 3 is 2.39 bits per heavy atom. The highest BCUT2D eigenvalue weighted by atomic mass is 16.2. The van der Waals surface area contributed by atoms with Crippen LogP contribution < -0.4 is 22.3 Å². The van der Waals surface area contributed by atoms with Gasteiger partial charge < -0.3 is 11.1 Å². The van der Waals surface area contributed by atoms with Crippen molar-refractivity contribution in [3.63, 3.8) is 0 Å². The van der Waals surface area contributed by atoms with Crippen molar-refractivity contribution in [2.24, 2.45) is 11.6 Å². The Hall–Kier alpha value is -1.92. The van der Waals surface area contributed by atoms with Crippen molar-refractivity contribution in [1.82, 2.24) is 10.7 Å². The van der Waals surface area contributed by atoms with Crippen molar-refractivity contribution >= 4 is 11.8 Å². The van der Waals surface area contributed by atoms with E-state index in [1.54, 1.807) is 0 Å². The fourth-order valence-electron chi connectivity index (χ4n) is 1.47. The molecule has 0 saturated heterocycles. The first-order chi connectivity index (χ1) is 8.54. The molecule has 1 aromatic rings. The van der Waals surface area contributed by atoms with Crippen LogP contribution in [0.15, 0.2) is 30.3 Å². The normalized spacial score (nSPS) is 13.5. The van der Waals surface area contributed by atoms with Crippen LogP contribution in [0.2, 0.25) is 0 Å². The van der Waals surface area contributed by atoms with Crippen LogP contribution in [0.5, 0.6) is 0 Å². The van der Waals surface area contributed by atoms with Crippen molar-refractivity contribution in [3.05, 3.63) is 35.9 Å². The van der Waals surface area contributed by atoms with Gasteiger partial charge in [0.05, 0.1) is 6.04 Å². The minimum atomic E-state index is -0.704. The maximum Gasteiger partial charge on any atom is 0.256 e. The van der Waals surface area contributed by atoms with Gasteiger partial charge in [0, 0.05) is 0 Å². The van der Waals surface area contributed by atoms with Crippen molar-refractivity contribution in [3.8, 4) is 0 Å². The fourth-order valence-corrected chi connectivity index (χ4v) is 1.47. The average Bonchev–Trinajstić information content (AvgIpc) is 2.38. The second-order valence-electron chi connectivity index (χ2n) is 4.04. The minimum Gasteiger partial charge on any atom is -0.343 e. The molecule has 1 aromatic carbocycles. The molecular weight excluding hydrogens is 232 g/mol. The van der Waals surface area contributed by atoms with E-state index in [1.165, 1.54) is 6.92 Å². The number of hydrogen-bond donors (Lipinski definition) is 4. The first-order valence-corrected chi connectivity index (χ1v) is 5.65. The van der Waals surface area contributed by atoms with Crippen LogP contribution >= 0.6 is 0 Å². The van der Waals surface area contributed by atoms with E-state index in [0.29, 0.717) is 6.42 Å². The number of amides is 2. The molecule has 18 heavy (non-hydrogen) atoms. The second-order valence-corrected chi connectivity index (χ2v) is 4.04. The lowest BCUT2D eigenvalue weighted by atomic mass is 10.1. The number of carbonyl (C=O) groups excluding carboxylic acids is 2. The summed E-state index contributed by atoms with van der Waals surface area (Å²) in [5, 5.41) is 2.49. The van der Waals surface area contributed by atoms with Crippen LogP contribution in [0.3, 0.4) is 0 Å². The Morgan fingerprint density at radius 2 is 1.83 bits per heavy atom. The standard InChI is InChI=1S/C12H18N4O2/c1-8(11(17)16-14)15-12(18)10(13)7-9-5-3-2-4-6-9/h2-6,8,10H,7,13-14H2,1H3,(H,15,18)(H,16,17)/t8-,10-/m0/s1. The molecule has 2 amide bonds. The topological polar surface area (TPSA) is 110 Å². The third kappa shape index (κ3) is 4.15. The highest BCUT2D eigenvalue weighted by Gasteiger charge is 2.19. The Morgan fingerprint density at radius 1 is 1.22 bits per heavy atom. The molecule has 0 radical (unpaired) electrons. The van der Waals surface area contributed by atoms with E-state index in [1.807, 2.05) is 35.8 Å². The number of benzene rings is 1. The molecule has 2 atom stereocenters. The molecule has 0 aliphatic heterocycles. The quantitative estimate of drug-likeness (QED) is 0.307. The van der Waals surface area contributed by atoms with Gasteiger partial charge in [0.1, 0.15) is 6.04 Å². The first kappa shape index (κ1) is 14.1. The summed E-state index contributed by atoms with van der Waals surface area (Å²) < 4.78 is 0. The summed E-state index contributed by atoms with van der Waals surface area (Å²) in [6.07, 6.45) is 0.420. The van der Waals surface area contributed by atoms with E-state index >= 15 is 0 Å². The highest BCUT2D eigenvalue weighted by Crippen LogP contribution is 2.02. The Balaban J connectivity index is 2.49. The van der Waals surface area contributed by atoms with Gasteiger partial charge in [-0.25, -0.2) is 5.84 Å². The SMILES string of the molecule is C[C@H](NC(=O)[C@@H](N)Cc1ccccc1)C(=O)NN. The van der Waals surface area contributed by atoms with Crippen LogP contribution in [0.25, 0.3) is 0 Å². The number of rotatable bonds is 5. The molecule has 6 nitrogen and oxygen atoms in total. The lowest BCUT2D eigenvalue weighted by molar-refractivity contribution is -0.129. The van der Waals surface area contributed by atoms with E-state index in [4.69, 9.17) is 11.6 Å². The monoisotopic (exact) mass is 250 g/mol. The first-order valence-electron chi connectivity index (χ1n) is 5.65. The van der Waals surface area contributed by atoms with Crippen LogP contribution in [0.1, 0.15) is 12.5 Å². The Kier molecular flexibility index (Phi) is 5.29. The molecule has 0 aliphatic rings. The largest absolute Gasteiger partial charge is 0.343 e. The third-order valence-corrected chi connectivity index (χ3v) is 2.53. The number of carbonyl (C=O) groups is 2. The zero-order chi connectivity index (χ0) is 13.5. The third-order valence-electron chi connectivity index (χ3n) is 2.53. The van der Waals surface area contributed by atoms with Gasteiger partial charge in [0.15, 0.2) is 0 Å². The van der Waals surface area contributed by atoms with Gasteiger partial charge in [-0.15, -0.1) is 0 Å². The molecule has 6 heteroatoms. The molecule has 0 aromatic heterocycles. The molecule has 0 fully saturated rings. The summed E-state index contributed by atoms with van der Waals surface area (Å²) in [6, 6.07) is 8.04. The molecule has 1 rings (SSSR count). The molecule has 0 heterocycles. The summed E-state index contributed by atoms with van der Waals surface area (Å²) in [6.45, 7) is 1.54. The predicted octanol–water partition coefficient (Wildman–Crippen LogP) is -0.949. The maximum absolute atomic E-state index is 11.7. The van der Waals surface area contributed by atoms with Gasteiger partial charge in [-0.1, -0.05) is 30.3 Å². The van der Waals surface area contributed by atoms with Crippen LogP contribution in [-0.4, -0.2) is 23.9 Å². The molecule has 0 spiro atoms. The van der Waals surface area contributed by atoms with Gasteiger partial charge >= 0.3 is 0 Å². The van der Waals surface area contributed by atoms with E-state index in [9.17, 15) is 9.59 Å². The van der Waals surface area contributed by atoms with E-state index < -0.39 is 18.0 Å². The lowest BCUT2D eigenvalue weighted by Gasteiger charge is -2.16. The predicted molar refractivity (Wildman–Crippen MR) is 68.1 cm³/mol. The van der Waals surface area contributed by atoms with E-state index in [-0.39, 0.29) is 5.91 Å². The van der Waals surface area contributed by atoms with Crippen LogP contribution in [0.4, 0.5) is 0 Å². The fraction of sp³-hybridized carbons (Fsp3) is 0.333. The number of hydrogen-bond acceptors (Lipinski definition) is 4. The second kappa shape index (κ2) is 6.73. The van der Waals surface area contributed by atoms with Gasteiger partial charge in [0.25, 0.3) is 5.91 Å². The summed E-state index contributed by atoms with van der Waals surface area (Å²) in [4.78, 5) is 22.9. The molecule has 98 valence electrons. The highest BCUT2D eigenvalue weighted by molar-refractivity contribution is 5.89. The van der Waals surface area contributed by atoms with E-state index in [2.05, 4.69) is 5.32 Å². The Labute approximate surface area is 106 Å². The number of nitrogens with one attached hydrogen (secondary N) is 2. The molecular formula is C12H18N4O2. The number of nitrogens with two attached hydrogens (primary N) is 2. The summed E-state index contributed by atoms with van der Waals surface area (Å²) in [7, 11) is 0. The van der Waals surface area contributed by atoms with Crippen molar-refractivity contribution < 1.29 is 9.59 Å². The van der Waals surface area contributed by atoms with Crippen molar-refractivity contribution in [2.75, 3.05) is 0 Å². The summed E-state index contributed by atoms with van der Waals surface area (Å²) >= 11 is 0. The van der Waals surface area contributed by atoms with E-state index in [0.717, 1.165) is 5.56 Å². The van der Waals surface area contributed by atoms with Crippen LogP contribution in [0, 0.1) is 0 Å². The summed E-state index contributed by atoms with van der Waals surface area (Å²) in [5.74, 6) is 4.12. The minimum absolute atomic E-state index is 0.380. The van der Waals surface area contributed by atoms with Gasteiger partial charge in [-0.05, 0) is 18.9 Å². The Bertz CT molecular complexity index is 408. The van der Waals surface area contributed by atoms with Gasteiger partial charge in [0.2, 0.25) is 5.91 Å². The zero-order valence-electron chi connectivity index (χ0n) is 10.2. The molecule has 0 aliphatic carbocycles. The summed E-state index contributed by atoms with van der Waals surface area (Å²) in [5.41, 5.74) is 8.70. The van der Waals surface area contributed by atoms with Crippen molar-refractivity contribution in [1.29, 1.82) is 0 Å². The smallest absolute Gasteiger partial charge is 0.256 e. The number of hydrazine groups is 1. The zero-order valence-corrected chi connectivity index (χ0v) is 10.2. The van der Waals surface area contributed by atoms with Gasteiger partial charge in [-0.3, -0.25) is 15.0 Å². The molecule has 0 unspecified atom stereocenters. The average molecular weight is 250 g/mol. The van der Waals surface area contributed by atoms with Gasteiger partial charge in [-0.2, -0.15) is 0 Å². The molecule has 0 bridgehead atoms. The maximum atomic E-state index is 11.7. The molecule has 6 N–H and O–H groups in total. The van der Waals surface area contributed by atoms with Crippen molar-refractivity contribution in [2.45, 2.75) is 25.4 Å². The van der Waals surface area contributed by atoms with Crippen LogP contribution in [-0.2, 0) is 16.0 Å².